The van der Waals surface area contributed by atoms with E-state index in [-0.39, 0.29) is 18.4 Å². The molecule has 0 saturated carbocycles. The van der Waals surface area contributed by atoms with E-state index in [1.54, 1.807) is 24.4 Å². The number of carboxylic acids is 1. The highest BCUT2D eigenvalue weighted by molar-refractivity contribution is 5.97. The summed E-state index contributed by atoms with van der Waals surface area (Å²) in [5, 5.41) is 19.5. The number of carboxylic acid groups (broad SMARTS) is 1. The summed E-state index contributed by atoms with van der Waals surface area (Å²) in [5.74, 6) is -1.45. The molecular formula is C15H19N3O3. The van der Waals surface area contributed by atoms with Crippen LogP contribution in [0.4, 0.5) is 0 Å². The van der Waals surface area contributed by atoms with Gasteiger partial charge in [-0.05, 0) is 24.5 Å². The van der Waals surface area contributed by atoms with Crippen LogP contribution in [0.3, 0.4) is 0 Å². The van der Waals surface area contributed by atoms with Crippen LogP contribution in [0.2, 0.25) is 0 Å². The molecule has 1 amide bonds. The molecule has 0 radical (unpaired) electrons. The molecule has 2 aromatic rings. The first-order chi connectivity index (χ1) is 9.97. The van der Waals surface area contributed by atoms with E-state index in [1.165, 1.54) is 0 Å². The van der Waals surface area contributed by atoms with Crippen molar-refractivity contribution in [1.29, 1.82) is 0 Å². The Morgan fingerprint density at radius 1 is 1.38 bits per heavy atom. The zero-order valence-electron chi connectivity index (χ0n) is 12.1. The lowest BCUT2D eigenvalue weighted by atomic mass is 9.97. The second-order valence-electron chi connectivity index (χ2n) is 5.55. The number of benzene rings is 1. The van der Waals surface area contributed by atoms with E-state index in [1.807, 2.05) is 13.8 Å². The maximum atomic E-state index is 12.1. The summed E-state index contributed by atoms with van der Waals surface area (Å²) >= 11 is 0. The molecule has 1 aromatic carbocycles. The van der Waals surface area contributed by atoms with Crippen LogP contribution in [0.1, 0.15) is 30.6 Å². The van der Waals surface area contributed by atoms with Crippen LogP contribution < -0.4 is 5.32 Å². The Morgan fingerprint density at radius 3 is 2.81 bits per heavy atom. The SMILES string of the molecule is CC(C)CC(CNC(=O)c1ccc2cn[nH]c2c1)C(=O)O. The number of carbonyl (C=O) groups is 2. The van der Waals surface area contributed by atoms with Crippen molar-refractivity contribution in [3.8, 4) is 0 Å². The van der Waals surface area contributed by atoms with Gasteiger partial charge >= 0.3 is 5.97 Å². The summed E-state index contributed by atoms with van der Waals surface area (Å²) in [7, 11) is 0. The molecule has 2 rings (SSSR count). The lowest BCUT2D eigenvalue weighted by Crippen LogP contribution is -2.33. The molecule has 0 bridgehead atoms. The predicted octanol–water partition coefficient (Wildman–Crippen LogP) is 2.04. The van der Waals surface area contributed by atoms with Crippen LogP contribution in [0.15, 0.2) is 24.4 Å². The van der Waals surface area contributed by atoms with Gasteiger partial charge in [-0.25, -0.2) is 0 Å². The van der Waals surface area contributed by atoms with Gasteiger partial charge in [-0.1, -0.05) is 19.9 Å². The Kier molecular flexibility index (Phi) is 4.57. The lowest BCUT2D eigenvalue weighted by Gasteiger charge is -2.15. The fraction of sp³-hybridized carbons (Fsp3) is 0.400. The number of aromatic nitrogens is 2. The summed E-state index contributed by atoms with van der Waals surface area (Å²) in [6.45, 7) is 4.06. The van der Waals surface area contributed by atoms with E-state index >= 15 is 0 Å². The number of nitrogens with one attached hydrogen (secondary N) is 2. The molecule has 0 aliphatic carbocycles. The molecule has 6 nitrogen and oxygen atoms in total. The van der Waals surface area contributed by atoms with E-state index in [2.05, 4.69) is 15.5 Å². The minimum Gasteiger partial charge on any atom is -0.481 e. The van der Waals surface area contributed by atoms with Crippen molar-refractivity contribution in [2.24, 2.45) is 11.8 Å². The van der Waals surface area contributed by atoms with Crippen molar-refractivity contribution in [2.75, 3.05) is 6.54 Å². The van der Waals surface area contributed by atoms with Crippen molar-refractivity contribution in [3.05, 3.63) is 30.0 Å². The number of amides is 1. The summed E-state index contributed by atoms with van der Waals surface area (Å²) in [6.07, 6.45) is 2.22. The third-order valence-corrected chi connectivity index (χ3v) is 3.32. The number of aromatic amines is 1. The third kappa shape index (κ3) is 3.81. The average molecular weight is 289 g/mol. The summed E-state index contributed by atoms with van der Waals surface area (Å²) in [4.78, 5) is 23.2. The van der Waals surface area contributed by atoms with Crippen molar-refractivity contribution in [1.82, 2.24) is 15.5 Å². The monoisotopic (exact) mass is 289 g/mol. The molecule has 0 fully saturated rings. The minimum absolute atomic E-state index is 0.132. The van der Waals surface area contributed by atoms with Crippen molar-refractivity contribution in [2.45, 2.75) is 20.3 Å². The van der Waals surface area contributed by atoms with Crippen LogP contribution in [0.5, 0.6) is 0 Å². The molecule has 1 unspecified atom stereocenters. The number of hydrogen-bond acceptors (Lipinski definition) is 3. The third-order valence-electron chi connectivity index (χ3n) is 3.32. The Labute approximate surface area is 122 Å². The van der Waals surface area contributed by atoms with Gasteiger partial charge in [0, 0.05) is 17.5 Å². The summed E-state index contributed by atoms with van der Waals surface area (Å²) < 4.78 is 0. The Morgan fingerprint density at radius 2 is 2.14 bits per heavy atom. The molecule has 1 atom stereocenters. The Balaban J connectivity index is 2.01. The van der Waals surface area contributed by atoms with Gasteiger partial charge in [0.1, 0.15) is 0 Å². The number of fused-ring (bicyclic) bond motifs is 1. The zero-order chi connectivity index (χ0) is 15.4. The van der Waals surface area contributed by atoms with Gasteiger partial charge < -0.3 is 10.4 Å². The summed E-state index contributed by atoms with van der Waals surface area (Å²) in [5.41, 5.74) is 1.26. The number of carbonyl (C=O) groups excluding carboxylic acids is 1. The van der Waals surface area contributed by atoms with Gasteiger partial charge in [-0.15, -0.1) is 0 Å². The molecule has 1 aromatic heterocycles. The van der Waals surface area contributed by atoms with Crippen LogP contribution in [0.25, 0.3) is 10.9 Å². The molecule has 6 heteroatoms. The van der Waals surface area contributed by atoms with Crippen LogP contribution in [-0.2, 0) is 4.79 Å². The van der Waals surface area contributed by atoms with E-state index in [0.717, 1.165) is 10.9 Å². The molecule has 0 aliphatic heterocycles. The average Bonchev–Trinajstić information content (AvgIpc) is 2.89. The normalized spacial score (nSPS) is 12.5. The molecule has 0 spiro atoms. The number of rotatable bonds is 6. The topological polar surface area (TPSA) is 95.1 Å². The maximum Gasteiger partial charge on any atom is 0.308 e. The van der Waals surface area contributed by atoms with E-state index in [4.69, 9.17) is 5.11 Å². The fourth-order valence-electron chi connectivity index (χ4n) is 2.24. The predicted molar refractivity (Wildman–Crippen MR) is 79.0 cm³/mol. The second kappa shape index (κ2) is 6.39. The fourth-order valence-corrected chi connectivity index (χ4v) is 2.24. The van der Waals surface area contributed by atoms with Crippen LogP contribution >= 0.6 is 0 Å². The van der Waals surface area contributed by atoms with Crippen LogP contribution in [-0.4, -0.2) is 33.7 Å². The highest BCUT2D eigenvalue weighted by Gasteiger charge is 2.20. The first-order valence-electron chi connectivity index (χ1n) is 6.91. The standard InChI is InChI=1S/C15H19N3O3/c1-9(2)5-12(15(20)21)7-16-14(19)10-3-4-11-8-17-18-13(11)6-10/h3-4,6,8-9,12H,5,7H2,1-2H3,(H,16,19)(H,17,18)(H,20,21). The maximum absolute atomic E-state index is 12.1. The first kappa shape index (κ1) is 15.0. The zero-order valence-corrected chi connectivity index (χ0v) is 12.1. The number of nitrogens with zero attached hydrogens (tertiary/aromatic N) is 1. The van der Waals surface area contributed by atoms with Crippen molar-refractivity contribution >= 4 is 22.8 Å². The van der Waals surface area contributed by atoms with Gasteiger partial charge in [-0.3, -0.25) is 14.7 Å². The summed E-state index contributed by atoms with van der Waals surface area (Å²) in [6, 6.07) is 5.21. The number of aliphatic carboxylic acids is 1. The lowest BCUT2D eigenvalue weighted by molar-refractivity contribution is -0.142. The van der Waals surface area contributed by atoms with E-state index in [0.29, 0.717) is 12.0 Å². The molecule has 21 heavy (non-hydrogen) atoms. The first-order valence-corrected chi connectivity index (χ1v) is 6.91. The van der Waals surface area contributed by atoms with Crippen molar-refractivity contribution < 1.29 is 14.7 Å². The second-order valence-corrected chi connectivity index (χ2v) is 5.55. The van der Waals surface area contributed by atoms with Gasteiger partial charge in [0.15, 0.2) is 0 Å². The van der Waals surface area contributed by atoms with Gasteiger partial charge in [-0.2, -0.15) is 5.10 Å². The van der Waals surface area contributed by atoms with Crippen LogP contribution in [0, 0.1) is 11.8 Å². The minimum atomic E-state index is -0.881. The van der Waals surface area contributed by atoms with E-state index < -0.39 is 11.9 Å². The number of H-pyrrole nitrogens is 1. The van der Waals surface area contributed by atoms with Gasteiger partial charge in [0.05, 0.1) is 17.6 Å². The number of hydrogen-bond donors (Lipinski definition) is 3. The molecular weight excluding hydrogens is 270 g/mol. The van der Waals surface area contributed by atoms with E-state index in [9.17, 15) is 9.59 Å². The van der Waals surface area contributed by atoms with Crippen molar-refractivity contribution in [3.63, 3.8) is 0 Å². The molecule has 0 aliphatic rings. The Bertz CT molecular complexity index is 648. The molecule has 0 saturated heterocycles. The largest absolute Gasteiger partial charge is 0.481 e. The van der Waals surface area contributed by atoms with Gasteiger partial charge in [0.2, 0.25) is 0 Å². The highest BCUT2D eigenvalue weighted by Crippen LogP contribution is 2.14. The Hall–Kier alpha value is -2.37. The smallest absolute Gasteiger partial charge is 0.308 e. The highest BCUT2D eigenvalue weighted by atomic mass is 16.4. The molecule has 3 N–H and O–H groups in total. The molecule has 1 heterocycles. The van der Waals surface area contributed by atoms with Gasteiger partial charge in [0.25, 0.3) is 5.91 Å². The quantitative estimate of drug-likeness (QED) is 0.758. The molecule has 112 valence electrons.